The van der Waals surface area contributed by atoms with E-state index >= 15 is 0 Å². The van der Waals surface area contributed by atoms with Gasteiger partial charge in [0.1, 0.15) is 0 Å². The molecule has 124 valence electrons. The van der Waals surface area contributed by atoms with Crippen molar-refractivity contribution in [3.05, 3.63) is 28.2 Å². The molecular formula is C18H22BrNO3. The van der Waals surface area contributed by atoms with Crippen LogP contribution in [0.1, 0.15) is 37.7 Å². The van der Waals surface area contributed by atoms with Gasteiger partial charge >= 0.3 is 5.97 Å². The molecule has 1 N–H and O–H groups in total. The molecule has 2 fully saturated rings. The Morgan fingerprint density at radius 3 is 2.78 bits per heavy atom. The van der Waals surface area contributed by atoms with Gasteiger partial charge in [-0.2, -0.15) is 0 Å². The third kappa shape index (κ3) is 4.14. The third-order valence-electron chi connectivity index (χ3n) is 5.13. The van der Waals surface area contributed by atoms with Crippen LogP contribution in [-0.4, -0.2) is 18.5 Å². The number of benzene rings is 1. The first-order valence-electron chi connectivity index (χ1n) is 8.23. The monoisotopic (exact) mass is 379 g/mol. The predicted molar refractivity (Wildman–Crippen MR) is 92.0 cm³/mol. The van der Waals surface area contributed by atoms with E-state index in [1.807, 2.05) is 25.1 Å². The first-order chi connectivity index (χ1) is 11.0. The summed E-state index contributed by atoms with van der Waals surface area (Å²) in [6.07, 6.45) is 5.48. The summed E-state index contributed by atoms with van der Waals surface area (Å²) in [5.41, 5.74) is 1.79. The minimum absolute atomic E-state index is 0.217. The van der Waals surface area contributed by atoms with Crippen LogP contribution in [0.5, 0.6) is 0 Å². The van der Waals surface area contributed by atoms with Gasteiger partial charge in [0.25, 0.3) is 5.91 Å². The number of aryl methyl sites for hydroxylation is 1. The van der Waals surface area contributed by atoms with Gasteiger partial charge in [0.05, 0.1) is 0 Å². The maximum absolute atomic E-state index is 11.9. The van der Waals surface area contributed by atoms with Crippen LogP contribution in [0.15, 0.2) is 22.7 Å². The molecule has 0 saturated heterocycles. The van der Waals surface area contributed by atoms with Gasteiger partial charge in [0.15, 0.2) is 6.61 Å². The van der Waals surface area contributed by atoms with E-state index in [1.165, 1.54) is 19.3 Å². The highest BCUT2D eigenvalue weighted by atomic mass is 79.9. The van der Waals surface area contributed by atoms with Gasteiger partial charge < -0.3 is 10.1 Å². The number of halogens is 1. The molecule has 0 aromatic heterocycles. The summed E-state index contributed by atoms with van der Waals surface area (Å²) < 4.78 is 6.07. The molecule has 0 radical (unpaired) electrons. The number of carbonyl (C=O) groups excluding carboxylic acids is 2. The Morgan fingerprint density at radius 1 is 1.30 bits per heavy atom. The summed E-state index contributed by atoms with van der Waals surface area (Å²) in [5, 5.41) is 2.74. The molecular weight excluding hydrogens is 358 g/mol. The molecule has 0 spiro atoms. The lowest BCUT2D eigenvalue weighted by molar-refractivity contribution is -0.148. The lowest BCUT2D eigenvalue weighted by Gasteiger charge is -2.20. The summed E-state index contributed by atoms with van der Waals surface area (Å²) in [7, 11) is 0. The molecule has 2 aliphatic carbocycles. The molecule has 2 bridgehead atoms. The Hall–Kier alpha value is -1.36. The first-order valence-corrected chi connectivity index (χ1v) is 9.02. The molecule has 23 heavy (non-hydrogen) atoms. The zero-order valence-corrected chi connectivity index (χ0v) is 14.9. The zero-order chi connectivity index (χ0) is 16.4. The molecule has 2 aliphatic rings. The van der Waals surface area contributed by atoms with Crippen LogP contribution in [-0.2, 0) is 14.3 Å². The highest BCUT2D eigenvalue weighted by Gasteiger charge is 2.40. The van der Waals surface area contributed by atoms with E-state index in [0.29, 0.717) is 23.9 Å². The Labute approximate surface area is 145 Å². The van der Waals surface area contributed by atoms with Crippen LogP contribution in [0.4, 0.5) is 5.69 Å². The van der Waals surface area contributed by atoms with Crippen molar-refractivity contribution >= 4 is 33.5 Å². The number of carbonyl (C=O) groups is 2. The number of fused-ring (bicyclic) bond motifs is 2. The maximum Gasteiger partial charge on any atom is 0.306 e. The van der Waals surface area contributed by atoms with Crippen LogP contribution in [0.3, 0.4) is 0 Å². The van der Waals surface area contributed by atoms with E-state index in [9.17, 15) is 9.59 Å². The van der Waals surface area contributed by atoms with Crippen LogP contribution < -0.4 is 5.32 Å². The van der Waals surface area contributed by atoms with Crippen molar-refractivity contribution in [1.29, 1.82) is 0 Å². The first kappa shape index (κ1) is 16.5. The SMILES string of the molecule is Cc1ccc(NC(=O)COC(=O)C[C@H]2C[C@H]3CC[C@@H]2C3)cc1Br. The highest BCUT2D eigenvalue weighted by molar-refractivity contribution is 9.10. The molecule has 4 nitrogen and oxygen atoms in total. The predicted octanol–water partition coefficient (Wildman–Crippen LogP) is 4.07. The lowest BCUT2D eigenvalue weighted by Crippen LogP contribution is -2.23. The van der Waals surface area contributed by atoms with Crippen molar-refractivity contribution in [2.75, 3.05) is 11.9 Å². The third-order valence-corrected chi connectivity index (χ3v) is 5.99. The van der Waals surface area contributed by atoms with Gasteiger partial charge in [0, 0.05) is 16.6 Å². The Kier molecular flexibility index (Phi) is 5.05. The van der Waals surface area contributed by atoms with Crippen molar-refractivity contribution in [2.45, 2.75) is 39.0 Å². The van der Waals surface area contributed by atoms with Crippen molar-refractivity contribution in [1.82, 2.24) is 0 Å². The number of anilines is 1. The standard InChI is InChI=1S/C18H22BrNO3/c1-11-2-5-15(9-16(11)19)20-17(21)10-23-18(22)8-14-7-12-3-4-13(14)6-12/h2,5,9,12-14H,3-4,6-8,10H2,1H3,(H,20,21)/t12-,13+,14+/m0/s1. The van der Waals surface area contributed by atoms with Crippen molar-refractivity contribution in [2.24, 2.45) is 17.8 Å². The topological polar surface area (TPSA) is 55.4 Å². The number of ether oxygens (including phenoxy) is 1. The van der Waals surface area contributed by atoms with Gasteiger partial charge in [-0.25, -0.2) is 0 Å². The Bertz CT molecular complexity index is 616. The van der Waals surface area contributed by atoms with E-state index in [4.69, 9.17) is 4.74 Å². The van der Waals surface area contributed by atoms with E-state index in [1.54, 1.807) is 0 Å². The molecule has 5 heteroatoms. The second-order valence-electron chi connectivity index (χ2n) is 6.81. The van der Waals surface area contributed by atoms with Crippen LogP contribution >= 0.6 is 15.9 Å². The summed E-state index contributed by atoms with van der Waals surface area (Å²) in [6, 6.07) is 5.58. The normalized spacial score (nSPS) is 25.4. The fraction of sp³-hybridized carbons (Fsp3) is 0.556. The number of esters is 1. The van der Waals surface area contributed by atoms with Crippen LogP contribution in [0, 0.1) is 24.7 Å². The summed E-state index contributed by atoms with van der Waals surface area (Å²) in [5.74, 6) is 1.44. The zero-order valence-electron chi connectivity index (χ0n) is 13.3. The van der Waals surface area contributed by atoms with Gasteiger partial charge in [-0.3, -0.25) is 9.59 Å². The number of rotatable bonds is 5. The fourth-order valence-corrected chi connectivity index (χ4v) is 4.29. The van der Waals surface area contributed by atoms with Crippen molar-refractivity contribution in [3.8, 4) is 0 Å². The Morgan fingerprint density at radius 2 is 2.13 bits per heavy atom. The largest absolute Gasteiger partial charge is 0.456 e. The van der Waals surface area contributed by atoms with Crippen LogP contribution in [0.25, 0.3) is 0 Å². The fourth-order valence-electron chi connectivity index (χ4n) is 3.91. The molecule has 0 aliphatic heterocycles. The van der Waals surface area contributed by atoms with Crippen molar-refractivity contribution in [3.63, 3.8) is 0 Å². The van der Waals surface area contributed by atoms with Gasteiger partial charge in [-0.05, 0) is 61.6 Å². The number of hydrogen-bond acceptors (Lipinski definition) is 3. The molecule has 1 aromatic carbocycles. The molecule has 0 heterocycles. The van der Waals surface area contributed by atoms with Gasteiger partial charge in [-0.15, -0.1) is 0 Å². The highest BCUT2D eigenvalue weighted by Crippen LogP contribution is 2.49. The van der Waals surface area contributed by atoms with Crippen LogP contribution in [0.2, 0.25) is 0 Å². The molecule has 3 atom stereocenters. The second-order valence-corrected chi connectivity index (χ2v) is 7.67. The quantitative estimate of drug-likeness (QED) is 0.784. The minimum Gasteiger partial charge on any atom is -0.456 e. The van der Waals surface area contributed by atoms with Crippen molar-refractivity contribution < 1.29 is 14.3 Å². The lowest BCUT2D eigenvalue weighted by atomic mass is 9.86. The number of nitrogens with one attached hydrogen (secondary N) is 1. The van der Waals surface area contributed by atoms with E-state index < -0.39 is 0 Å². The minimum atomic E-state index is -0.304. The average Bonchev–Trinajstić information content (AvgIpc) is 3.12. The molecule has 1 amide bonds. The smallest absolute Gasteiger partial charge is 0.306 e. The molecule has 3 rings (SSSR count). The van der Waals surface area contributed by atoms with E-state index in [-0.39, 0.29) is 18.5 Å². The molecule has 2 saturated carbocycles. The maximum atomic E-state index is 11.9. The molecule has 0 unspecified atom stereocenters. The van der Waals surface area contributed by atoms with E-state index in [2.05, 4.69) is 21.2 Å². The average molecular weight is 380 g/mol. The van der Waals surface area contributed by atoms with E-state index in [0.717, 1.165) is 22.4 Å². The second kappa shape index (κ2) is 7.04. The number of hydrogen-bond donors (Lipinski definition) is 1. The van der Waals surface area contributed by atoms with Gasteiger partial charge in [0.2, 0.25) is 0 Å². The summed E-state index contributed by atoms with van der Waals surface area (Å²) >= 11 is 3.43. The summed E-state index contributed by atoms with van der Waals surface area (Å²) in [4.78, 5) is 23.8. The molecule has 1 aromatic rings. The Balaban J connectivity index is 1.41. The number of amides is 1. The van der Waals surface area contributed by atoms with Gasteiger partial charge in [-0.1, -0.05) is 28.4 Å². The summed E-state index contributed by atoms with van der Waals surface area (Å²) in [6.45, 7) is 1.76.